The first-order valence-corrected chi connectivity index (χ1v) is 7.62. The van der Waals surface area contributed by atoms with E-state index in [4.69, 9.17) is 4.42 Å². The number of amidine groups is 1. The third kappa shape index (κ3) is 2.71. The lowest BCUT2D eigenvalue weighted by molar-refractivity contribution is 0.0925. The molecule has 0 bridgehead atoms. The van der Waals surface area contributed by atoms with Crippen LogP contribution < -0.4 is 5.32 Å². The molecule has 5 nitrogen and oxygen atoms in total. The summed E-state index contributed by atoms with van der Waals surface area (Å²) in [6.45, 7) is 2.41. The Balaban J connectivity index is 1.49. The number of nitrogens with one attached hydrogen (secondary N) is 1. The molecule has 0 radical (unpaired) electrons. The molecule has 100 valence electrons. The summed E-state index contributed by atoms with van der Waals surface area (Å²) in [7, 11) is 0. The van der Waals surface area contributed by atoms with Crippen LogP contribution in [0.15, 0.2) is 37.3 Å². The summed E-state index contributed by atoms with van der Waals surface area (Å²) in [4.78, 5) is 18.4. The topological polar surface area (TPSA) is 57.8 Å². The van der Waals surface area contributed by atoms with Crippen LogP contribution in [-0.4, -0.2) is 35.6 Å². The van der Waals surface area contributed by atoms with Gasteiger partial charge < -0.3 is 14.6 Å². The molecule has 7 heteroatoms. The van der Waals surface area contributed by atoms with Gasteiger partial charge in [0.15, 0.2) is 15.6 Å². The number of thioether (sulfide) groups is 1. The van der Waals surface area contributed by atoms with Gasteiger partial charge in [0, 0.05) is 25.2 Å². The highest BCUT2D eigenvalue weighted by atomic mass is 79.9. The number of hydrogen-bond acceptors (Lipinski definition) is 5. The van der Waals surface area contributed by atoms with Gasteiger partial charge in [-0.25, -0.2) is 0 Å². The summed E-state index contributed by atoms with van der Waals surface area (Å²) >= 11 is 4.83. The van der Waals surface area contributed by atoms with E-state index in [-0.39, 0.29) is 5.91 Å². The Morgan fingerprint density at radius 2 is 2.47 bits per heavy atom. The molecule has 1 aromatic heterocycles. The quantitative estimate of drug-likeness (QED) is 0.913. The lowest BCUT2D eigenvalue weighted by Gasteiger charge is -2.16. The molecular weight excluding hydrogens is 330 g/mol. The molecule has 3 rings (SSSR count). The van der Waals surface area contributed by atoms with Crippen molar-refractivity contribution in [2.45, 2.75) is 6.42 Å². The monoisotopic (exact) mass is 341 g/mol. The van der Waals surface area contributed by atoms with E-state index in [0.29, 0.717) is 17.0 Å². The highest BCUT2D eigenvalue weighted by molar-refractivity contribution is 9.10. The molecule has 0 unspecified atom stereocenters. The van der Waals surface area contributed by atoms with Gasteiger partial charge in [-0.1, -0.05) is 11.8 Å². The van der Waals surface area contributed by atoms with Crippen LogP contribution >= 0.6 is 27.7 Å². The van der Waals surface area contributed by atoms with Crippen molar-refractivity contribution in [3.05, 3.63) is 33.7 Å². The summed E-state index contributed by atoms with van der Waals surface area (Å²) in [6.07, 6.45) is 0.805. The number of fused-ring (bicyclic) bond motifs is 1. The Bertz CT molecular complexity index is 567. The number of aliphatic imine (C=N–C) groups is 1. The van der Waals surface area contributed by atoms with Crippen LogP contribution in [0.5, 0.6) is 0 Å². The molecule has 2 aliphatic rings. The maximum absolute atomic E-state index is 11.8. The van der Waals surface area contributed by atoms with E-state index in [1.165, 1.54) is 5.70 Å². The normalized spacial score (nSPS) is 17.2. The summed E-state index contributed by atoms with van der Waals surface area (Å²) < 4.78 is 5.75. The second-order valence-electron chi connectivity index (χ2n) is 4.15. The summed E-state index contributed by atoms with van der Waals surface area (Å²) in [6, 6.07) is 3.35. The highest BCUT2D eigenvalue weighted by Gasteiger charge is 2.25. The lowest BCUT2D eigenvalue weighted by atomic mass is 10.3. The third-order valence-electron chi connectivity index (χ3n) is 2.91. The predicted octanol–water partition coefficient (Wildman–Crippen LogP) is 2.42. The highest BCUT2D eigenvalue weighted by Crippen LogP contribution is 2.30. The van der Waals surface area contributed by atoms with Crippen molar-refractivity contribution in [2.24, 2.45) is 4.99 Å². The number of rotatable bonds is 4. The molecule has 3 heterocycles. The molecule has 0 atom stereocenters. The van der Waals surface area contributed by atoms with Crippen molar-refractivity contribution in [3.8, 4) is 0 Å². The van der Waals surface area contributed by atoms with Crippen LogP contribution in [0.3, 0.4) is 0 Å². The van der Waals surface area contributed by atoms with Crippen LogP contribution in [0.4, 0.5) is 0 Å². The van der Waals surface area contributed by atoms with Crippen molar-refractivity contribution in [3.63, 3.8) is 0 Å². The predicted molar refractivity (Wildman–Crippen MR) is 78.0 cm³/mol. The maximum atomic E-state index is 11.8. The van der Waals surface area contributed by atoms with Gasteiger partial charge in [0.2, 0.25) is 0 Å². The van der Waals surface area contributed by atoms with Crippen molar-refractivity contribution in [1.82, 2.24) is 10.2 Å². The number of furan rings is 1. The van der Waals surface area contributed by atoms with Crippen LogP contribution in [0.2, 0.25) is 0 Å². The minimum Gasteiger partial charge on any atom is -0.444 e. The van der Waals surface area contributed by atoms with Gasteiger partial charge in [-0.2, -0.15) is 0 Å². The Morgan fingerprint density at radius 3 is 3.26 bits per heavy atom. The second-order valence-corrected chi connectivity index (χ2v) is 5.77. The minimum absolute atomic E-state index is 0.188. The summed E-state index contributed by atoms with van der Waals surface area (Å²) in [5, 5.41) is 6.03. The molecule has 0 aromatic carbocycles. The van der Waals surface area contributed by atoms with E-state index in [1.54, 1.807) is 23.9 Å². The average Bonchev–Trinajstić information content (AvgIpc) is 3.06. The van der Waals surface area contributed by atoms with Gasteiger partial charge in [-0.05, 0) is 33.5 Å². The van der Waals surface area contributed by atoms with E-state index in [1.807, 2.05) is 0 Å². The van der Waals surface area contributed by atoms with Gasteiger partial charge in [0.25, 0.3) is 5.91 Å². The zero-order valence-electron chi connectivity index (χ0n) is 10.1. The van der Waals surface area contributed by atoms with Crippen molar-refractivity contribution < 1.29 is 9.21 Å². The fraction of sp³-hybridized carbons (Fsp3) is 0.333. The number of halogens is 1. The van der Waals surface area contributed by atoms with Crippen molar-refractivity contribution in [1.29, 1.82) is 0 Å². The summed E-state index contributed by atoms with van der Waals surface area (Å²) in [5.74, 6) is 0.136. The zero-order chi connectivity index (χ0) is 13.2. The fourth-order valence-electron chi connectivity index (χ4n) is 2.00. The maximum Gasteiger partial charge on any atom is 0.287 e. The number of carbonyl (C=O) groups excluding carboxylic acids is 1. The molecule has 0 aliphatic carbocycles. The van der Waals surface area contributed by atoms with E-state index in [9.17, 15) is 4.79 Å². The first-order chi connectivity index (χ1) is 9.24. The first kappa shape index (κ1) is 12.8. The smallest absolute Gasteiger partial charge is 0.287 e. The van der Waals surface area contributed by atoms with Crippen LogP contribution in [0.25, 0.3) is 0 Å². The van der Waals surface area contributed by atoms with E-state index >= 15 is 0 Å². The van der Waals surface area contributed by atoms with Gasteiger partial charge in [0.05, 0.1) is 6.54 Å². The Kier molecular flexibility index (Phi) is 3.65. The second kappa shape index (κ2) is 5.42. The Labute approximate surface area is 123 Å². The lowest BCUT2D eigenvalue weighted by Crippen LogP contribution is -2.27. The molecule has 0 saturated heterocycles. The number of carbonyl (C=O) groups is 1. The van der Waals surface area contributed by atoms with Gasteiger partial charge in [-0.3, -0.25) is 9.79 Å². The van der Waals surface area contributed by atoms with Crippen LogP contribution in [-0.2, 0) is 0 Å². The van der Waals surface area contributed by atoms with Crippen LogP contribution in [0, 0.1) is 0 Å². The molecule has 1 amide bonds. The molecule has 1 N–H and O–H groups in total. The van der Waals surface area contributed by atoms with E-state index in [0.717, 1.165) is 24.7 Å². The number of nitrogens with zero attached hydrogens (tertiary/aromatic N) is 2. The van der Waals surface area contributed by atoms with E-state index < -0.39 is 0 Å². The molecular formula is C12H12BrN3O2S. The van der Waals surface area contributed by atoms with Gasteiger partial charge in [0.1, 0.15) is 0 Å². The largest absolute Gasteiger partial charge is 0.444 e. The Hall–Kier alpha value is -1.21. The molecule has 0 spiro atoms. The average molecular weight is 342 g/mol. The summed E-state index contributed by atoms with van der Waals surface area (Å²) in [5.41, 5.74) is 1.22. The molecule has 1 aromatic rings. The van der Waals surface area contributed by atoms with Crippen molar-refractivity contribution >= 4 is 38.8 Å². The van der Waals surface area contributed by atoms with E-state index in [2.05, 4.69) is 36.5 Å². The number of amides is 1. The molecule has 0 fully saturated rings. The minimum atomic E-state index is -0.188. The molecule has 2 aliphatic heterocycles. The zero-order valence-corrected chi connectivity index (χ0v) is 12.5. The Morgan fingerprint density at radius 1 is 1.58 bits per heavy atom. The number of hydrogen-bond donors (Lipinski definition) is 1. The SMILES string of the molecule is O=C(NCCC1=CSC2=NCCN12)c1ccc(Br)o1. The van der Waals surface area contributed by atoms with Crippen LogP contribution in [0.1, 0.15) is 17.0 Å². The first-order valence-electron chi connectivity index (χ1n) is 5.95. The van der Waals surface area contributed by atoms with Crippen molar-refractivity contribution in [2.75, 3.05) is 19.6 Å². The van der Waals surface area contributed by atoms with Gasteiger partial charge >= 0.3 is 0 Å². The molecule has 19 heavy (non-hydrogen) atoms. The molecule has 0 saturated carbocycles. The fourth-order valence-corrected chi connectivity index (χ4v) is 3.29. The third-order valence-corrected chi connectivity index (χ3v) is 4.29. The standard InChI is InChI=1S/C12H12BrN3O2S/c13-10-2-1-9(18-10)11(17)14-4-3-8-7-19-12-15-5-6-16(8)12/h1-2,7H,3-6H2,(H,14,17). The van der Waals surface area contributed by atoms with Gasteiger partial charge in [-0.15, -0.1) is 0 Å².